The summed E-state index contributed by atoms with van der Waals surface area (Å²) >= 11 is 6.64. The molecule has 0 aliphatic rings. The van der Waals surface area contributed by atoms with Crippen molar-refractivity contribution in [3.8, 4) is 5.75 Å². The summed E-state index contributed by atoms with van der Waals surface area (Å²) < 4.78 is 11.2. The number of carbonyl (C=O) groups excluding carboxylic acids is 1. The molecule has 0 aromatic heterocycles. The van der Waals surface area contributed by atoms with E-state index in [-0.39, 0.29) is 5.91 Å². The number of hydrogen-bond donors (Lipinski definition) is 1. The number of rotatable bonds is 8. The summed E-state index contributed by atoms with van der Waals surface area (Å²) in [4.78, 5) is 11.9. The molecule has 0 saturated heterocycles. The Hall–Kier alpha value is -0.590. The van der Waals surface area contributed by atoms with Gasteiger partial charge >= 0.3 is 0 Å². The van der Waals surface area contributed by atoms with Gasteiger partial charge in [-0.1, -0.05) is 15.9 Å². The van der Waals surface area contributed by atoms with Crippen LogP contribution in [0.2, 0.25) is 0 Å². The molecule has 6 heteroatoms. The van der Waals surface area contributed by atoms with Crippen molar-refractivity contribution in [1.82, 2.24) is 5.32 Å². The summed E-state index contributed by atoms with van der Waals surface area (Å²) in [5.74, 6) is 0.614. The Kier molecular flexibility index (Phi) is 8.09. The summed E-state index contributed by atoms with van der Waals surface area (Å²) in [6, 6.07) is 5.24. The van der Waals surface area contributed by atoms with Gasteiger partial charge in [0.25, 0.3) is 5.91 Å². The number of alkyl halides is 1. The van der Waals surface area contributed by atoms with Crippen LogP contribution in [0.5, 0.6) is 5.75 Å². The fourth-order valence-electron chi connectivity index (χ4n) is 1.44. The number of hydrogen-bond acceptors (Lipinski definition) is 3. The largest absolute Gasteiger partial charge is 0.496 e. The average Bonchev–Trinajstić information content (AvgIpc) is 2.42. The molecular weight excluding hydrogens is 378 g/mol. The van der Waals surface area contributed by atoms with Crippen LogP contribution in [-0.4, -0.2) is 38.1 Å². The number of carbonyl (C=O) groups is 1. The van der Waals surface area contributed by atoms with Gasteiger partial charge in [-0.15, -0.1) is 0 Å². The van der Waals surface area contributed by atoms with Crippen LogP contribution >= 0.6 is 31.9 Å². The Labute approximate surface area is 130 Å². The Morgan fingerprint density at radius 2 is 2.16 bits per heavy atom. The smallest absolute Gasteiger partial charge is 0.251 e. The average molecular weight is 395 g/mol. The van der Waals surface area contributed by atoms with Crippen LogP contribution < -0.4 is 10.1 Å². The minimum absolute atomic E-state index is 0.0937. The predicted molar refractivity (Wildman–Crippen MR) is 82.3 cm³/mol. The summed E-state index contributed by atoms with van der Waals surface area (Å²) in [7, 11) is 1.59. The lowest BCUT2D eigenvalue weighted by Crippen LogP contribution is -2.25. The number of benzene rings is 1. The van der Waals surface area contributed by atoms with E-state index in [2.05, 4.69) is 37.2 Å². The van der Waals surface area contributed by atoms with Crippen LogP contribution in [0.25, 0.3) is 0 Å². The first-order valence-electron chi connectivity index (χ1n) is 5.94. The van der Waals surface area contributed by atoms with Crippen molar-refractivity contribution in [2.24, 2.45) is 0 Å². The maximum absolute atomic E-state index is 11.9. The van der Waals surface area contributed by atoms with E-state index in [9.17, 15) is 4.79 Å². The van der Waals surface area contributed by atoms with Gasteiger partial charge in [-0.3, -0.25) is 4.79 Å². The third-order valence-corrected chi connectivity index (χ3v) is 3.33. The predicted octanol–water partition coefficient (Wildman–Crippen LogP) is 2.99. The number of amides is 1. The molecule has 0 radical (unpaired) electrons. The summed E-state index contributed by atoms with van der Waals surface area (Å²) in [6.45, 7) is 1.95. The van der Waals surface area contributed by atoms with Crippen molar-refractivity contribution in [2.75, 3.05) is 32.2 Å². The minimum atomic E-state index is -0.0937. The van der Waals surface area contributed by atoms with Gasteiger partial charge in [0.1, 0.15) is 5.75 Å². The van der Waals surface area contributed by atoms with E-state index in [1.165, 1.54) is 0 Å². The van der Waals surface area contributed by atoms with Crippen LogP contribution in [0.3, 0.4) is 0 Å². The molecule has 1 aromatic carbocycles. The van der Waals surface area contributed by atoms with E-state index in [1.807, 2.05) is 0 Å². The first-order valence-corrected chi connectivity index (χ1v) is 7.86. The zero-order valence-electron chi connectivity index (χ0n) is 10.7. The molecule has 19 heavy (non-hydrogen) atoms. The lowest BCUT2D eigenvalue weighted by atomic mass is 10.2. The Balaban J connectivity index is 2.35. The van der Waals surface area contributed by atoms with Gasteiger partial charge < -0.3 is 14.8 Å². The van der Waals surface area contributed by atoms with Crippen molar-refractivity contribution in [1.29, 1.82) is 0 Å². The minimum Gasteiger partial charge on any atom is -0.496 e. The van der Waals surface area contributed by atoms with Crippen LogP contribution in [0.1, 0.15) is 16.8 Å². The SMILES string of the molecule is COc1ccc(C(=O)NCCCOCCBr)cc1Br. The van der Waals surface area contributed by atoms with Gasteiger partial charge in [0.05, 0.1) is 18.2 Å². The molecule has 0 bridgehead atoms. The van der Waals surface area contributed by atoms with Crippen LogP contribution in [0, 0.1) is 0 Å². The zero-order chi connectivity index (χ0) is 14.1. The Morgan fingerprint density at radius 3 is 2.79 bits per heavy atom. The highest BCUT2D eigenvalue weighted by atomic mass is 79.9. The molecule has 1 rings (SSSR count). The van der Waals surface area contributed by atoms with Gasteiger partial charge in [0.2, 0.25) is 0 Å². The first-order chi connectivity index (χ1) is 9.19. The fourth-order valence-corrected chi connectivity index (χ4v) is 2.21. The van der Waals surface area contributed by atoms with E-state index in [4.69, 9.17) is 9.47 Å². The van der Waals surface area contributed by atoms with Gasteiger partial charge in [0, 0.05) is 24.0 Å². The highest BCUT2D eigenvalue weighted by Gasteiger charge is 2.08. The lowest BCUT2D eigenvalue weighted by Gasteiger charge is -2.08. The molecule has 0 fully saturated rings. The van der Waals surface area contributed by atoms with Crippen molar-refractivity contribution >= 4 is 37.8 Å². The van der Waals surface area contributed by atoms with Gasteiger partial charge in [-0.25, -0.2) is 0 Å². The van der Waals surface area contributed by atoms with Crippen LogP contribution in [0.15, 0.2) is 22.7 Å². The highest BCUT2D eigenvalue weighted by molar-refractivity contribution is 9.10. The standard InChI is InChI=1S/C13H17Br2NO3/c1-18-12-4-3-10(9-11(12)15)13(17)16-6-2-7-19-8-5-14/h3-4,9H,2,5-8H2,1H3,(H,16,17). The fraction of sp³-hybridized carbons (Fsp3) is 0.462. The maximum atomic E-state index is 11.9. The second-order valence-corrected chi connectivity index (χ2v) is 5.41. The van der Waals surface area contributed by atoms with E-state index in [0.29, 0.717) is 31.1 Å². The molecule has 0 spiro atoms. The monoisotopic (exact) mass is 393 g/mol. The molecule has 4 nitrogen and oxygen atoms in total. The molecule has 0 heterocycles. The summed E-state index contributed by atoms with van der Waals surface area (Å²) in [5, 5.41) is 3.68. The third kappa shape index (κ3) is 5.93. The lowest BCUT2D eigenvalue weighted by molar-refractivity contribution is 0.0944. The molecule has 106 valence electrons. The molecule has 1 aromatic rings. The van der Waals surface area contributed by atoms with Gasteiger partial charge in [0.15, 0.2) is 0 Å². The van der Waals surface area contributed by atoms with E-state index in [1.54, 1.807) is 25.3 Å². The van der Waals surface area contributed by atoms with Crippen molar-refractivity contribution < 1.29 is 14.3 Å². The Bertz CT molecular complexity index is 413. The van der Waals surface area contributed by atoms with Gasteiger partial charge in [-0.2, -0.15) is 0 Å². The summed E-state index contributed by atoms with van der Waals surface area (Å²) in [6.07, 6.45) is 0.802. The number of nitrogens with one attached hydrogen (secondary N) is 1. The molecule has 0 aliphatic carbocycles. The van der Waals surface area contributed by atoms with Crippen LogP contribution in [-0.2, 0) is 4.74 Å². The van der Waals surface area contributed by atoms with E-state index < -0.39 is 0 Å². The molecular formula is C13H17Br2NO3. The van der Waals surface area contributed by atoms with Crippen molar-refractivity contribution in [2.45, 2.75) is 6.42 Å². The summed E-state index contributed by atoms with van der Waals surface area (Å²) in [5.41, 5.74) is 0.606. The second-order valence-electron chi connectivity index (χ2n) is 3.76. The first kappa shape index (κ1) is 16.5. The second kappa shape index (κ2) is 9.34. The molecule has 1 amide bonds. The topological polar surface area (TPSA) is 47.6 Å². The van der Waals surface area contributed by atoms with E-state index >= 15 is 0 Å². The quantitative estimate of drug-likeness (QED) is 0.544. The molecule has 0 aliphatic heterocycles. The zero-order valence-corrected chi connectivity index (χ0v) is 13.9. The molecule has 0 saturated carbocycles. The number of ether oxygens (including phenoxy) is 2. The maximum Gasteiger partial charge on any atom is 0.251 e. The number of halogens is 2. The molecule has 0 unspecified atom stereocenters. The van der Waals surface area contributed by atoms with Crippen LogP contribution in [0.4, 0.5) is 0 Å². The Morgan fingerprint density at radius 1 is 1.37 bits per heavy atom. The third-order valence-electron chi connectivity index (χ3n) is 2.39. The molecule has 0 atom stereocenters. The number of methoxy groups -OCH3 is 1. The molecule has 1 N–H and O–H groups in total. The van der Waals surface area contributed by atoms with Crippen molar-refractivity contribution in [3.05, 3.63) is 28.2 Å². The normalized spacial score (nSPS) is 10.3. The van der Waals surface area contributed by atoms with Crippen molar-refractivity contribution in [3.63, 3.8) is 0 Å². The highest BCUT2D eigenvalue weighted by Crippen LogP contribution is 2.25. The van der Waals surface area contributed by atoms with E-state index in [0.717, 1.165) is 16.2 Å². The van der Waals surface area contributed by atoms with Gasteiger partial charge in [-0.05, 0) is 40.5 Å².